The predicted molar refractivity (Wildman–Crippen MR) is 313 cm³/mol. The second kappa shape index (κ2) is 29.1. The van der Waals surface area contributed by atoms with Crippen LogP contribution in [0.1, 0.15) is 141 Å². The average molecular weight is 1280 g/mol. The van der Waals surface area contributed by atoms with Crippen LogP contribution in [0.2, 0.25) is 0 Å². The third-order valence-electron chi connectivity index (χ3n) is 15.1. The largest absolute Gasteiger partial charge is 0.480 e. The number of carboxylic acid groups (broad SMARTS) is 1. The van der Waals surface area contributed by atoms with E-state index in [2.05, 4.69) is 36.2 Å². The number of pyridine rings is 1. The van der Waals surface area contributed by atoms with E-state index >= 15 is 0 Å². The monoisotopic (exact) mass is 1280 g/mol. The van der Waals surface area contributed by atoms with Gasteiger partial charge in [-0.05, 0) is 88.9 Å². The number of carbonyl (C=O) groups is 9. The van der Waals surface area contributed by atoms with E-state index in [1.165, 1.54) is 23.0 Å². The van der Waals surface area contributed by atoms with Gasteiger partial charge in [0.1, 0.15) is 37.1 Å². The molecule has 24 nitrogen and oxygen atoms in total. The van der Waals surface area contributed by atoms with Gasteiger partial charge in [-0.3, -0.25) is 62.2 Å². The van der Waals surface area contributed by atoms with Gasteiger partial charge < -0.3 is 40.8 Å². The zero-order valence-electron chi connectivity index (χ0n) is 50.5. The topological polar surface area (TPSA) is 326 Å². The number of amides is 4. The molecule has 2 aromatic carbocycles. The minimum Gasteiger partial charge on any atom is -0.480 e. The molecule has 5 aromatic heterocycles. The van der Waals surface area contributed by atoms with Gasteiger partial charge in [-0.15, -0.1) is 0 Å². The van der Waals surface area contributed by atoms with Gasteiger partial charge in [0.15, 0.2) is 11.6 Å². The van der Waals surface area contributed by atoms with Gasteiger partial charge in [-0.2, -0.15) is 28.5 Å². The van der Waals surface area contributed by atoms with Crippen LogP contribution in [0.4, 0.5) is 26.3 Å². The SMILES string of the molecule is CCOC(=O)Cn1nc(C)c2c1CCC2=O.CCOC(=O)Cn1nc(C)c2c1CCNC2=O.Cc1nn(CC(=O)O)c2c1C(=O)NCC2.NC(=O)c1cc(-c2cccnc2[C@@H](CC(=O)Cn2cc(C(F)(F)F)c3c2CCNC3=O)Cc2cc(F)cc(F)c2)ccc1F. The molecule has 7 aromatic rings. The summed E-state index contributed by atoms with van der Waals surface area (Å²) in [5.41, 5.74) is 10.6. The van der Waals surface area contributed by atoms with Crippen LogP contribution in [0, 0.1) is 38.2 Å². The van der Waals surface area contributed by atoms with E-state index in [0.29, 0.717) is 103 Å². The minimum atomic E-state index is -4.83. The van der Waals surface area contributed by atoms with Crippen LogP contribution in [0.3, 0.4) is 0 Å². The number of carboxylic acids is 1. The maximum atomic E-state index is 14.2. The summed E-state index contributed by atoms with van der Waals surface area (Å²) in [4.78, 5) is 110. The van der Waals surface area contributed by atoms with Gasteiger partial charge in [0.25, 0.3) is 23.6 Å². The summed E-state index contributed by atoms with van der Waals surface area (Å²) in [6.45, 7) is 10.2. The molecular formula is C62H64F6N12O12. The van der Waals surface area contributed by atoms with Crippen LogP contribution in [0.15, 0.2) is 60.9 Å². The molecule has 8 heterocycles. The van der Waals surface area contributed by atoms with Gasteiger partial charge in [-0.25, -0.2) is 13.2 Å². The molecule has 30 heteroatoms. The fourth-order valence-electron chi connectivity index (χ4n) is 11.4. The van der Waals surface area contributed by atoms with Crippen molar-refractivity contribution in [1.29, 1.82) is 0 Å². The van der Waals surface area contributed by atoms with E-state index in [1.54, 1.807) is 56.1 Å². The Balaban J connectivity index is 0.000000184. The summed E-state index contributed by atoms with van der Waals surface area (Å²) < 4.78 is 99.1. The molecule has 1 aliphatic carbocycles. The number of aryl methyl sites for hydroxylation is 3. The molecule has 1 atom stereocenters. The number of esters is 2. The molecule has 0 radical (unpaired) electrons. The first-order valence-corrected chi connectivity index (χ1v) is 29.1. The number of Topliss-reactive ketones (excluding diaryl/α,β-unsaturated/α-hetero) is 2. The zero-order chi connectivity index (χ0) is 66.9. The Kier molecular flexibility index (Phi) is 21.4. The maximum absolute atomic E-state index is 14.2. The standard InChI is InChI=1S/C31H24F6N4O3.C11H15N3O3.C11H14N2O3.C9H11N3O3/c32-19-9-16(10-20(33)13-19)8-18(28-22(2-1-6-39-28)17-3-4-25(34)23(12-17)29(38)43)11-21(42)14-41-15-24(31(35,36)37)27-26(41)5-7-40-30(27)44;1-3-17-9(15)6-14-8-4-5-12-11(16)10(8)7(2)13-14;1-3-16-10(15)6-13-8-4-5-9(14)11(8)7(2)12-13;1-5-8-6(2-3-10-9(8)15)12(11-5)4-7(13)14/h1-4,6,9-10,12-13,15,18H,5,7-8,11,14H2,(H2,38,43)(H,40,44);3-6H2,1-2H3,(H,12,16);3-6H2,1-2H3;2-4H2,1H3,(H,10,15)(H,13,14)/t18-;;;/m1.../s1. The summed E-state index contributed by atoms with van der Waals surface area (Å²) in [6.07, 6.45) is -0.507. The number of nitrogens with two attached hydrogens (primary N) is 1. The quantitative estimate of drug-likeness (QED) is 0.0528. The number of aliphatic carboxylic acids is 1. The van der Waals surface area contributed by atoms with Gasteiger partial charge >= 0.3 is 24.1 Å². The summed E-state index contributed by atoms with van der Waals surface area (Å²) in [5, 5.41) is 29.0. The Morgan fingerprint density at radius 2 is 1.16 bits per heavy atom. The number of hydrogen-bond donors (Lipinski definition) is 5. The Hall–Kier alpha value is -10.3. The number of nitrogens with zero attached hydrogens (tertiary/aromatic N) is 8. The Morgan fingerprint density at radius 3 is 1.68 bits per heavy atom. The van der Waals surface area contributed by atoms with E-state index in [4.69, 9.17) is 20.3 Å². The fraction of sp³-hybridized carbons (Fsp3) is 0.371. The smallest absolute Gasteiger partial charge is 0.418 e. The molecule has 0 spiro atoms. The lowest BCUT2D eigenvalue weighted by Crippen LogP contribution is -2.34. The van der Waals surface area contributed by atoms with E-state index in [9.17, 15) is 69.5 Å². The number of carbonyl (C=O) groups excluding carboxylic acids is 8. The van der Waals surface area contributed by atoms with E-state index in [0.717, 1.165) is 46.0 Å². The van der Waals surface area contributed by atoms with E-state index in [-0.39, 0.29) is 97.5 Å². The molecule has 4 aliphatic rings. The van der Waals surface area contributed by atoms with Crippen LogP contribution in [-0.4, -0.2) is 130 Å². The van der Waals surface area contributed by atoms with Crippen LogP contribution in [-0.2, 0) is 93.1 Å². The fourth-order valence-corrected chi connectivity index (χ4v) is 11.4. The van der Waals surface area contributed by atoms with Gasteiger partial charge in [0, 0.05) is 87.4 Å². The molecule has 0 unspecified atom stereocenters. The Bertz CT molecular complexity index is 4030. The molecule has 4 amide bonds. The molecule has 0 saturated heterocycles. The normalized spacial score (nSPS) is 14.0. The highest BCUT2D eigenvalue weighted by Crippen LogP contribution is 2.38. The van der Waals surface area contributed by atoms with Crippen molar-refractivity contribution in [3.05, 3.63) is 163 Å². The summed E-state index contributed by atoms with van der Waals surface area (Å²) in [6, 6.07) is 9.64. The van der Waals surface area contributed by atoms with E-state index < -0.39 is 70.8 Å². The Labute approximate surface area is 520 Å². The van der Waals surface area contributed by atoms with E-state index in [1.807, 2.05) is 0 Å². The zero-order valence-corrected chi connectivity index (χ0v) is 50.5. The minimum absolute atomic E-state index is 0.0668. The second-order valence-corrected chi connectivity index (χ2v) is 21.5. The molecule has 11 rings (SSSR count). The van der Waals surface area contributed by atoms with Crippen LogP contribution >= 0.6 is 0 Å². The number of ketones is 2. The molecule has 92 heavy (non-hydrogen) atoms. The first-order valence-electron chi connectivity index (χ1n) is 29.1. The van der Waals surface area contributed by atoms with Crippen molar-refractivity contribution in [2.75, 3.05) is 32.8 Å². The first kappa shape index (κ1) is 67.6. The number of primary amides is 1. The number of aromatic nitrogens is 8. The van der Waals surface area contributed by atoms with Crippen molar-refractivity contribution in [3.8, 4) is 11.1 Å². The number of hydrogen-bond acceptors (Lipinski definition) is 15. The summed E-state index contributed by atoms with van der Waals surface area (Å²) >= 11 is 0. The summed E-state index contributed by atoms with van der Waals surface area (Å²) in [5.74, 6) is -7.61. The first-order chi connectivity index (χ1) is 43.7. The number of halogens is 6. The molecule has 0 saturated carbocycles. The van der Waals surface area contributed by atoms with Crippen molar-refractivity contribution in [3.63, 3.8) is 0 Å². The number of ether oxygens (including phenoxy) is 2. The molecular weight excluding hydrogens is 1220 g/mol. The highest BCUT2D eigenvalue weighted by atomic mass is 19.4. The highest BCUT2D eigenvalue weighted by molar-refractivity contribution is 6.01. The van der Waals surface area contributed by atoms with Crippen molar-refractivity contribution in [2.45, 2.75) is 118 Å². The molecule has 0 bridgehead atoms. The molecule has 6 N–H and O–H groups in total. The molecule has 486 valence electrons. The number of benzene rings is 2. The third kappa shape index (κ3) is 15.8. The van der Waals surface area contributed by atoms with Crippen molar-refractivity contribution in [1.82, 2.24) is 54.8 Å². The predicted octanol–water partition coefficient (Wildman–Crippen LogP) is 5.84. The molecule has 3 aliphatic heterocycles. The van der Waals surface area contributed by atoms with Gasteiger partial charge in [0.05, 0.1) is 93.0 Å². The lowest BCUT2D eigenvalue weighted by molar-refractivity contribution is -0.145. The number of nitrogens with one attached hydrogen (secondary N) is 3. The van der Waals surface area contributed by atoms with Gasteiger partial charge in [0.2, 0.25) is 0 Å². The maximum Gasteiger partial charge on any atom is 0.418 e. The number of fused-ring (bicyclic) bond motifs is 4. The summed E-state index contributed by atoms with van der Waals surface area (Å²) in [7, 11) is 0. The Morgan fingerprint density at radius 1 is 0.652 bits per heavy atom. The van der Waals surface area contributed by atoms with Crippen molar-refractivity contribution >= 4 is 53.1 Å². The van der Waals surface area contributed by atoms with Crippen molar-refractivity contribution < 1.29 is 84.1 Å². The van der Waals surface area contributed by atoms with Crippen molar-refractivity contribution in [2.24, 2.45) is 5.73 Å². The van der Waals surface area contributed by atoms with Crippen LogP contribution in [0.5, 0.6) is 0 Å². The lowest BCUT2D eigenvalue weighted by atomic mass is 9.86. The van der Waals surface area contributed by atoms with Gasteiger partial charge in [-0.1, -0.05) is 12.1 Å². The van der Waals surface area contributed by atoms with Crippen LogP contribution in [0.25, 0.3) is 11.1 Å². The lowest BCUT2D eigenvalue weighted by Gasteiger charge is -2.21. The van der Waals surface area contributed by atoms with Crippen LogP contribution < -0.4 is 21.7 Å². The molecule has 0 fully saturated rings. The number of rotatable bonds is 17. The average Bonchev–Trinajstić information content (AvgIpc) is 1.59. The second-order valence-electron chi connectivity index (χ2n) is 21.5. The third-order valence-corrected chi connectivity index (χ3v) is 15.1. The highest BCUT2D eigenvalue weighted by Gasteiger charge is 2.41. The number of alkyl halides is 3.